The number of phosphoric ester groups is 2. The molecule has 2 aromatic carbocycles. The molecule has 2 unspecified atom stereocenters. The highest BCUT2D eigenvalue weighted by Crippen LogP contribution is 2.60. The number of phenolic OH excluding ortho intramolecular Hbond substituents is 1. The number of aromatic hydroxyl groups is 1. The summed E-state index contributed by atoms with van der Waals surface area (Å²) in [6.07, 6.45) is -10.1. The van der Waals surface area contributed by atoms with Gasteiger partial charge in [0.05, 0.1) is 37.5 Å². The van der Waals surface area contributed by atoms with Gasteiger partial charge in [-0.25, -0.2) is 28.9 Å². The number of nitrogens with zero attached hydrogens (tertiary/aromatic N) is 6. The van der Waals surface area contributed by atoms with Gasteiger partial charge in [-0.1, -0.05) is 12.1 Å². The van der Waals surface area contributed by atoms with Gasteiger partial charge in [-0.15, -0.1) is 0 Å². The molecule has 5 aromatic rings. The molecule has 0 radical (unpaired) electrons. The highest BCUT2D eigenvalue weighted by atomic mass is 31.3. The number of nitrogens with two attached hydrogens (primary N) is 1. The Labute approximate surface area is 343 Å². The second kappa shape index (κ2) is 17.0. The average Bonchev–Trinajstić information content (AvgIpc) is 3.75. The topological polar surface area (TPSA) is 375 Å². The smallest absolute Gasteiger partial charge is 0.481 e. The first-order valence-electron chi connectivity index (χ1n) is 18.2. The Balaban J connectivity index is 0.997. The van der Waals surface area contributed by atoms with Crippen molar-refractivity contribution in [2.45, 2.75) is 63.2 Å². The fourth-order valence-corrected chi connectivity index (χ4v) is 8.93. The minimum atomic E-state index is -5.58. The van der Waals surface area contributed by atoms with Gasteiger partial charge in [-0.3, -0.25) is 28.4 Å². The van der Waals surface area contributed by atoms with Crippen LogP contribution in [0.25, 0.3) is 11.2 Å². The first kappa shape index (κ1) is 44.0. The van der Waals surface area contributed by atoms with Crippen molar-refractivity contribution in [2.75, 3.05) is 35.3 Å². The van der Waals surface area contributed by atoms with E-state index in [1.165, 1.54) is 27.9 Å². The molecular weight excluding hydrogens is 852 g/mol. The summed E-state index contributed by atoms with van der Waals surface area (Å²) in [6, 6.07) is 9.72. The van der Waals surface area contributed by atoms with Gasteiger partial charge in [0, 0.05) is 6.54 Å². The number of hydrogen-bond donors (Lipinski definition) is 11. The highest BCUT2D eigenvalue weighted by Gasteiger charge is 2.46. The van der Waals surface area contributed by atoms with E-state index in [0.717, 1.165) is 17.5 Å². The van der Waals surface area contributed by atoms with E-state index in [0.29, 0.717) is 16.9 Å². The minimum absolute atomic E-state index is 0.0213. The van der Waals surface area contributed by atoms with Gasteiger partial charge in [-0.2, -0.15) is 4.31 Å². The third-order valence-electron chi connectivity index (χ3n) is 10.1. The van der Waals surface area contributed by atoms with Crippen LogP contribution in [-0.4, -0.2) is 126 Å². The Hall–Kier alpha value is -5.11. The van der Waals surface area contributed by atoms with Crippen molar-refractivity contribution < 1.29 is 67.7 Å². The van der Waals surface area contributed by atoms with Crippen molar-refractivity contribution in [3.05, 3.63) is 86.6 Å². The Morgan fingerprint density at radius 3 is 2.25 bits per heavy atom. The van der Waals surface area contributed by atoms with Gasteiger partial charge in [-0.05, 0) is 54.8 Å². The number of nitrogens with one attached hydrogen (secondary N) is 2. The van der Waals surface area contributed by atoms with E-state index in [9.17, 15) is 59.1 Å². The summed E-state index contributed by atoms with van der Waals surface area (Å²) in [5.74, 6) is -0.0342. The van der Waals surface area contributed by atoms with Gasteiger partial charge < -0.3 is 60.7 Å². The van der Waals surface area contributed by atoms with Crippen LogP contribution in [0, 0.1) is 13.8 Å². The molecule has 25 nitrogen and oxygen atoms in total. The van der Waals surface area contributed by atoms with Crippen LogP contribution >= 0.6 is 15.6 Å². The molecule has 3 aromatic heterocycles. The third kappa shape index (κ3) is 9.10. The zero-order chi connectivity index (χ0) is 44.1. The number of H-pyrrole nitrogens is 2. The lowest BCUT2D eigenvalue weighted by molar-refractivity contribution is -0.0719. The summed E-state index contributed by atoms with van der Waals surface area (Å²) < 4.78 is 45.9. The maximum atomic E-state index is 13.4. The zero-order valence-corrected chi connectivity index (χ0v) is 33.8. The normalized spacial score (nSPS) is 22.3. The fraction of sp³-hybridized carbons (Fsp3) is 0.382. The number of hydrogen-bond acceptors (Lipinski definition) is 20. The lowest BCUT2D eigenvalue weighted by Gasteiger charge is -2.40. The van der Waals surface area contributed by atoms with Crippen molar-refractivity contribution in [1.82, 2.24) is 29.5 Å². The maximum Gasteiger partial charge on any atom is 0.481 e. The molecule has 0 saturated carbocycles. The first-order valence-corrected chi connectivity index (χ1v) is 21.2. The van der Waals surface area contributed by atoms with Crippen LogP contribution in [0.4, 0.5) is 28.7 Å². The van der Waals surface area contributed by atoms with Crippen molar-refractivity contribution in [3.8, 4) is 5.75 Å². The van der Waals surface area contributed by atoms with Gasteiger partial charge in [0.2, 0.25) is 0 Å². The van der Waals surface area contributed by atoms with Crippen molar-refractivity contribution >= 4 is 55.5 Å². The largest absolute Gasteiger partial charge is 0.508 e. The number of aliphatic hydroxyl groups is 5. The molecule has 1 saturated heterocycles. The molecule has 0 aliphatic carbocycles. The Morgan fingerprint density at radius 1 is 0.902 bits per heavy atom. The van der Waals surface area contributed by atoms with Gasteiger partial charge in [0.15, 0.2) is 17.7 Å². The van der Waals surface area contributed by atoms with E-state index in [-0.39, 0.29) is 40.8 Å². The predicted octanol–water partition coefficient (Wildman–Crippen LogP) is -0.450. The average molecular weight is 894 g/mol. The first-order chi connectivity index (χ1) is 28.7. The molecule has 12 N–H and O–H groups in total. The predicted molar refractivity (Wildman–Crippen MR) is 211 cm³/mol. The molecule has 27 heteroatoms. The SMILES string of the molecule is Cc1cc2c(cc1C)N(Cc1ccc(O)cc1)c1c([nH]c(=O)[nH]c1=O)N2C[C@H](O)[C@H](O)[C@H](O)COP(=O)(O)OP(=O)(O)OC[C@H]1O[C@@H](n2cnc3c(N)ncnc32)[C@H](O)[C@@H]1O. The number of anilines is 5. The summed E-state index contributed by atoms with van der Waals surface area (Å²) in [4.78, 5) is 66.0. The molecular formula is C34H41N9O16P2. The molecule has 0 spiro atoms. The van der Waals surface area contributed by atoms with Crippen LogP contribution in [0.2, 0.25) is 0 Å². The molecule has 2 aliphatic rings. The van der Waals surface area contributed by atoms with E-state index in [2.05, 4.69) is 33.8 Å². The van der Waals surface area contributed by atoms with Gasteiger partial charge >= 0.3 is 21.3 Å². The number of aromatic nitrogens is 6. The minimum Gasteiger partial charge on any atom is -0.508 e. The standard InChI is InChI=1S/C34H41N9O16P2/c1-15-7-19-20(8-16(15)2)42(31-25(32(50)40-34(51)39-31)41(19)9-17-3-5-18(44)6-4-17)10-21(45)26(47)22(46)11-56-60(52,53)59-61(54,55)57-12-23-27(48)28(49)33(58-23)43-14-38-24-29(35)36-13-37-30(24)43/h3-8,13-14,21-23,26-28,33,44-49H,9-12H2,1-2H3,(H,52,53)(H,54,55)(H2,35,36,37)(H2,39,40,50,51)/t21-,22+,23+,26-,27+,28+,33+/m0/s1. The number of nitrogen functional groups attached to an aromatic ring is 1. The number of imidazole rings is 1. The lowest BCUT2D eigenvalue weighted by Crippen LogP contribution is -2.47. The molecule has 2 aliphatic heterocycles. The van der Waals surface area contributed by atoms with Crippen molar-refractivity contribution in [3.63, 3.8) is 0 Å². The molecule has 0 amide bonds. The summed E-state index contributed by atoms with van der Waals surface area (Å²) >= 11 is 0. The molecule has 61 heavy (non-hydrogen) atoms. The number of ether oxygens (including phenoxy) is 1. The molecule has 5 heterocycles. The van der Waals surface area contributed by atoms with Crippen molar-refractivity contribution in [2.24, 2.45) is 0 Å². The number of rotatable bonds is 15. The zero-order valence-electron chi connectivity index (χ0n) is 32.0. The number of aliphatic hydroxyl groups excluding tert-OH is 5. The molecule has 1 fully saturated rings. The van der Waals surface area contributed by atoms with Crippen molar-refractivity contribution in [1.29, 1.82) is 0 Å². The molecule has 328 valence electrons. The summed E-state index contributed by atoms with van der Waals surface area (Å²) in [5, 5.41) is 63.8. The van der Waals surface area contributed by atoms with E-state index in [4.69, 9.17) is 15.0 Å². The Bertz CT molecular complexity index is 2650. The number of β-amino-alcohol motifs (C(OH)–C–C–N with tert-alkyl or cyclic N) is 1. The van der Waals surface area contributed by atoms with E-state index < -0.39 is 89.5 Å². The lowest BCUT2D eigenvalue weighted by atomic mass is 10.0. The number of phosphoric acid groups is 2. The monoisotopic (exact) mass is 893 g/mol. The van der Waals surface area contributed by atoms with E-state index in [1.807, 2.05) is 6.92 Å². The van der Waals surface area contributed by atoms with Crippen LogP contribution in [0.15, 0.2) is 58.6 Å². The summed E-state index contributed by atoms with van der Waals surface area (Å²) in [5.41, 5.74) is 7.45. The van der Waals surface area contributed by atoms with Gasteiger partial charge in [0.1, 0.15) is 65.7 Å². The second-order valence-electron chi connectivity index (χ2n) is 14.3. The van der Waals surface area contributed by atoms with E-state index in [1.54, 1.807) is 36.1 Å². The summed E-state index contributed by atoms with van der Waals surface area (Å²) in [7, 11) is -11.1. The second-order valence-corrected chi connectivity index (χ2v) is 17.3. The third-order valence-corrected chi connectivity index (χ3v) is 12.7. The number of phenols is 1. The number of aromatic amines is 2. The molecule has 0 bridgehead atoms. The highest BCUT2D eigenvalue weighted by molar-refractivity contribution is 7.61. The van der Waals surface area contributed by atoms with Crippen LogP contribution in [0.5, 0.6) is 5.75 Å². The maximum absolute atomic E-state index is 13.4. The summed E-state index contributed by atoms with van der Waals surface area (Å²) in [6.45, 7) is 0.934. The van der Waals surface area contributed by atoms with Crippen LogP contribution in [0.1, 0.15) is 22.9 Å². The van der Waals surface area contributed by atoms with Crippen LogP contribution in [0.3, 0.4) is 0 Å². The van der Waals surface area contributed by atoms with E-state index >= 15 is 0 Å². The van der Waals surface area contributed by atoms with Gasteiger partial charge in [0.25, 0.3) is 5.56 Å². The Morgan fingerprint density at radius 2 is 1.56 bits per heavy atom. The van der Waals surface area contributed by atoms with Crippen LogP contribution in [-0.2, 0) is 33.8 Å². The van der Waals surface area contributed by atoms with Crippen LogP contribution < -0.4 is 26.8 Å². The number of aryl methyl sites for hydroxylation is 2. The Kier molecular flexibility index (Phi) is 12.2. The quantitative estimate of drug-likeness (QED) is 0.0593. The molecule has 7 rings (SSSR count). The number of fused-ring (bicyclic) bond motifs is 3. The fourth-order valence-electron chi connectivity index (χ4n) is 6.83. The molecule has 9 atom stereocenters. The number of benzene rings is 2.